The van der Waals surface area contributed by atoms with Crippen molar-refractivity contribution in [3.05, 3.63) is 204 Å². The summed E-state index contributed by atoms with van der Waals surface area (Å²) in [5, 5.41) is 0. The van der Waals surface area contributed by atoms with Crippen LogP contribution in [-0.4, -0.2) is 16.7 Å². The standard InChI is InChI=1S/C47H39N5/c1-47(2)40-25-12-14-27-42(40)52(43-28-15-13-26-41(43)47)46-39(30-38(31-50-46)37-24-16-23-36(29-37)33-17-6-3-7-18-33)32-49-45(35-21-10-5-11-22-35)51-44(48)34-19-8-4-9-20-34/h3-31H,32H2,1-2H3,(H2,48,49,51). The number of para-hydroxylation sites is 2. The Bertz CT molecular complexity index is 2370. The summed E-state index contributed by atoms with van der Waals surface area (Å²) in [4.78, 5) is 17.7. The van der Waals surface area contributed by atoms with E-state index >= 15 is 0 Å². The summed E-state index contributed by atoms with van der Waals surface area (Å²) in [6.45, 7) is 4.92. The van der Waals surface area contributed by atoms with Crippen molar-refractivity contribution in [2.45, 2.75) is 25.8 Å². The number of hydrogen-bond acceptors (Lipinski definition) is 3. The number of nitrogens with two attached hydrogens (primary N) is 1. The van der Waals surface area contributed by atoms with E-state index < -0.39 is 0 Å². The molecule has 0 bridgehead atoms. The lowest BCUT2D eigenvalue weighted by Gasteiger charge is -2.41. The number of benzene rings is 6. The Balaban J connectivity index is 1.31. The Kier molecular flexibility index (Phi) is 8.76. The number of hydrogen-bond donors (Lipinski definition) is 1. The van der Waals surface area contributed by atoms with Crippen molar-refractivity contribution in [3.63, 3.8) is 0 Å². The van der Waals surface area contributed by atoms with Crippen LogP contribution in [-0.2, 0) is 12.0 Å². The second kappa shape index (κ2) is 14.0. The van der Waals surface area contributed by atoms with E-state index in [4.69, 9.17) is 20.7 Å². The molecular weight excluding hydrogens is 635 g/mol. The topological polar surface area (TPSA) is 66.9 Å². The fourth-order valence-corrected chi connectivity index (χ4v) is 7.11. The highest BCUT2D eigenvalue weighted by Gasteiger charge is 2.37. The monoisotopic (exact) mass is 673 g/mol. The molecule has 252 valence electrons. The molecule has 52 heavy (non-hydrogen) atoms. The van der Waals surface area contributed by atoms with Gasteiger partial charge < -0.3 is 5.73 Å². The van der Waals surface area contributed by atoms with Crippen LogP contribution in [0.4, 0.5) is 17.2 Å². The van der Waals surface area contributed by atoms with Crippen LogP contribution in [0.1, 0.15) is 41.7 Å². The molecule has 0 aliphatic carbocycles. The minimum absolute atomic E-state index is 0.190. The van der Waals surface area contributed by atoms with E-state index in [-0.39, 0.29) is 5.41 Å². The molecule has 2 N–H and O–H groups in total. The van der Waals surface area contributed by atoms with Gasteiger partial charge in [-0.3, -0.25) is 9.89 Å². The highest BCUT2D eigenvalue weighted by molar-refractivity contribution is 6.11. The second-order valence-corrected chi connectivity index (χ2v) is 13.5. The number of aromatic nitrogens is 1. The third kappa shape index (κ3) is 6.29. The first-order valence-electron chi connectivity index (χ1n) is 17.6. The van der Waals surface area contributed by atoms with Gasteiger partial charge in [0, 0.05) is 33.9 Å². The van der Waals surface area contributed by atoms with Gasteiger partial charge in [-0.25, -0.2) is 9.98 Å². The van der Waals surface area contributed by atoms with E-state index in [1.54, 1.807) is 0 Å². The fraction of sp³-hybridized carbons (Fsp3) is 0.0851. The number of pyridine rings is 1. The Hall–Kier alpha value is -6.59. The van der Waals surface area contributed by atoms with Crippen molar-refractivity contribution in [3.8, 4) is 22.3 Å². The Labute approximate surface area is 305 Å². The predicted molar refractivity (Wildman–Crippen MR) is 216 cm³/mol. The number of nitrogens with zero attached hydrogens (tertiary/aromatic N) is 4. The molecule has 0 atom stereocenters. The van der Waals surface area contributed by atoms with E-state index in [1.165, 1.54) is 16.7 Å². The zero-order chi connectivity index (χ0) is 35.5. The van der Waals surface area contributed by atoms with E-state index in [0.717, 1.165) is 50.6 Å². The molecule has 0 radical (unpaired) electrons. The van der Waals surface area contributed by atoms with E-state index in [1.807, 2.05) is 72.9 Å². The van der Waals surface area contributed by atoms with E-state index in [9.17, 15) is 0 Å². The van der Waals surface area contributed by atoms with Crippen LogP contribution < -0.4 is 10.6 Å². The van der Waals surface area contributed by atoms with Crippen LogP contribution in [0.3, 0.4) is 0 Å². The first-order chi connectivity index (χ1) is 25.5. The summed E-state index contributed by atoms with van der Waals surface area (Å²) < 4.78 is 0. The molecule has 0 spiro atoms. The van der Waals surface area contributed by atoms with Crippen LogP contribution in [0.15, 0.2) is 186 Å². The van der Waals surface area contributed by atoms with Crippen molar-refractivity contribution in [1.29, 1.82) is 0 Å². The molecule has 7 aromatic rings. The molecular formula is C47H39N5. The van der Waals surface area contributed by atoms with Gasteiger partial charge in [0.2, 0.25) is 0 Å². The number of rotatable bonds is 7. The van der Waals surface area contributed by atoms with Gasteiger partial charge >= 0.3 is 0 Å². The molecule has 6 aromatic carbocycles. The van der Waals surface area contributed by atoms with Crippen molar-refractivity contribution < 1.29 is 0 Å². The normalized spacial score (nSPS) is 13.7. The van der Waals surface area contributed by atoms with Gasteiger partial charge in [0.15, 0.2) is 5.84 Å². The third-order valence-electron chi connectivity index (χ3n) is 9.82. The largest absolute Gasteiger partial charge is 0.383 e. The van der Waals surface area contributed by atoms with Crippen LogP contribution in [0.5, 0.6) is 0 Å². The fourth-order valence-electron chi connectivity index (χ4n) is 7.11. The van der Waals surface area contributed by atoms with Crippen LogP contribution in [0.25, 0.3) is 22.3 Å². The minimum atomic E-state index is -0.190. The zero-order valence-corrected chi connectivity index (χ0v) is 29.3. The second-order valence-electron chi connectivity index (χ2n) is 13.5. The van der Waals surface area contributed by atoms with Gasteiger partial charge in [-0.1, -0.05) is 159 Å². The Morgan fingerprint density at radius 3 is 1.73 bits per heavy atom. The summed E-state index contributed by atoms with van der Waals surface area (Å²) in [6, 6.07) is 58.5. The molecule has 2 heterocycles. The van der Waals surface area contributed by atoms with E-state index in [0.29, 0.717) is 18.2 Å². The molecule has 0 saturated carbocycles. The van der Waals surface area contributed by atoms with Crippen molar-refractivity contribution in [1.82, 2.24) is 4.98 Å². The maximum atomic E-state index is 6.59. The van der Waals surface area contributed by atoms with Gasteiger partial charge in [0.05, 0.1) is 17.9 Å². The predicted octanol–water partition coefficient (Wildman–Crippen LogP) is 10.9. The first-order valence-corrected chi connectivity index (χ1v) is 17.6. The molecule has 5 nitrogen and oxygen atoms in total. The third-order valence-corrected chi connectivity index (χ3v) is 9.82. The minimum Gasteiger partial charge on any atom is -0.383 e. The number of anilines is 3. The molecule has 5 heteroatoms. The molecule has 1 aliphatic rings. The molecule has 0 amide bonds. The van der Waals surface area contributed by atoms with Gasteiger partial charge in [-0.05, 0) is 52.1 Å². The number of fused-ring (bicyclic) bond motifs is 2. The van der Waals surface area contributed by atoms with Gasteiger partial charge in [-0.2, -0.15) is 0 Å². The molecule has 0 saturated heterocycles. The summed E-state index contributed by atoms with van der Waals surface area (Å²) in [5.74, 6) is 1.80. The molecule has 8 rings (SSSR count). The maximum absolute atomic E-state index is 6.59. The lowest BCUT2D eigenvalue weighted by Crippen LogP contribution is -2.31. The molecule has 1 aliphatic heterocycles. The zero-order valence-electron chi connectivity index (χ0n) is 29.3. The lowest BCUT2D eigenvalue weighted by molar-refractivity contribution is 0.631. The average molecular weight is 674 g/mol. The highest BCUT2D eigenvalue weighted by atomic mass is 15.2. The van der Waals surface area contributed by atoms with Crippen molar-refractivity contribution >= 4 is 28.9 Å². The van der Waals surface area contributed by atoms with Crippen LogP contribution in [0.2, 0.25) is 0 Å². The first kappa shape index (κ1) is 32.6. The molecule has 0 unspecified atom stereocenters. The smallest absolute Gasteiger partial charge is 0.157 e. The van der Waals surface area contributed by atoms with Crippen LogP contribution >= 0.6 is 0 Å². The van der Waals surface area contributed by atoms with Gasteiger partial charge in [-0.15, -0.1) is 0 Å². The molecule has 1 aromatic heterocycles. The summed E-state index contributed by atoms with van der Waals surface area (Å²) in [7, 11) is 0. The Morgan fingerprint density at radius 1 is 0.577 bits per heavy atom. The SMILES string of the molecule is CC1(C)c2ccccc2N(c2ncc(-c3cccc(-c4ccccc4)c3)cc2CN=C(N=C(N)c2ccccc2)c2ccccc2)c2ccccc21. The number of aliphatic imine (C=N–C) groups is 2. The van der Waals surface area contributed by atoms with Gasteiger partial charge in [0.1, 0.15) is 11.7 Å². The highest BCUT2D eigenvalue weighted by Crippen LogP contribution is 2.52. The average Bonchev–Trinajstić information content (AvgIpc) is 3.21. The summed E-state index contributed by atoms with van der Waals surface area (Å²) >= 11 is 0. The summed E-state index contributed by atoms with van der Waals surface area (Å²) in [5.41, 5.74) is 18.2. The Morgan fingerprint density at radius 2 is 1.10 bits per heavy atom. The van der Waals surface area contributed by atoms with Crippen molar-refractivity contribution in [2.24, 2.45) is 15.7 Å². The quantitative estimate of drug-likeness (QED) is 0.135. The van der Waals surface area contributed by atoms with Crippen molar-refractivity contribution in [2.75, 3.05) is 4.90 Å². The van der Waals surface area contributed by atoms with Gasteiger partial charge in [0.25, 0.3) is 0 Å². The summed E-state index contributed by atoms with van der Waals surface area (Å²) in [6.07, 6.45) is 1.99. The molecule has 0 fully saturated rings. The number of amidine groups is 2. The van der Waals surface area contributed by atoms with E-state index in [2.05, 4.69) is 122 Å². The van der Waals surface area contributed by atoms with Crippen LogP contribution in [0, 0.1) is 0 Å². The lowest BCUT2D eigenvalue weighted by atomic mass is 9.73. The maximum Gasteiger partial charge on any atom is 0.157 e.